The zero-order valence-electron chi connectivity index (χ0n) is 9.38. The number of halogens is 1. The molecule has 2 aromatic heterocycles. The summed E-state index contributed by atoms with van der Waals surface area (Å²) >= 11 is 3.74. The third kappa shape index (κ3) is 2.46. The van der Waals surface area contributed by atoms with Crippen LogP contribution < -0.4 is 0 Å². The summed E-state index contributed by atoms with van der Waals surface area (Å²) in [7, 11) is 0. The molecule has 18 heavy (non-hydrogen) atoms. The van der Waals surface area contributed by atoms with Crippen LogP contribution >= 0.6 is 15.9 Å². The van der Waals surface area contributed by atoms with E-state index in [1.807, 2.05) is 24.4 Å². The van der Waals surface area contributed by atoms with E-state index in [1.165, 1.54) is 5.56 Å². The van der Waals surface area contributed by atoms with Gasteiger partial charge in [-0.2, -0.15) is 0 Å². The summed E-state index contributed by atoms with van der Waals surface area (Å²) in [5.41, 5.74) is 3.36. The van der Waals surface area contributed by atoms with Crippen molar-refractivity contribution in [3.05, 3.63) is 58.2 Å². The van der Waals surface area contributed by atoms with Crippen LogP contribution in [0.15, 0.2) is 58.2 Å². The summed E-state index contributed by atoms with van der Waals surface area (Å²) in [5, 5.41) is 0. The third-order valence-corrected chi connectivity index (χ3v) is 4.95. The fourth-order valence-electron chi connectivity index (χ4n) is 1.65. The second-order valence-electron chi connectivity index (χ2n) is 3.79. The van der Waals surface area contributed by atoms with Crippen molar-refractivity contribution >= 4 is 30.4 Å². The van der Waals surface area contributed by atoms with E-state index in [2.05, 4.69) is 44.1 Å². The normalized spacial score (nSPS) is 10.5. The van der Waals surface area contributed by atoms with Crippen molar-refractivity contribution in [3.8, 4) is 21.4 Å². The summed E-state index contributed by atoms with van der Waals surface area (Å²) in [6.07, 6.45) is 3.66. The average molecular weight is 364 g/mol. The van der Waals surface area contributed by atoms with Crippen LogP contribution in [0.1, 0.15) is 0 Å². The first-order valence-corrected chi connectivity index (χ1v) is 8.09. The van der Waals surface area contributed by atoms with Gasteiger partial charge in [-0.1, -0.05) is 0 Å². The first-order chi connectivity index (χ1) is 8.83. The molecule has 0 saturated carbocycles. The average Bonchev–Trinajstić information content (AvgIpc) is 2.90. The second kappa shape index (κ2) is 5.19. The maximum absolute atomic E-state index is 4.71. The molecule has 0 atom stereocenters. The van der Waals surface area contributed by atoms with Gasteiger partial charge in [0.15, 0.2) is 0 Å². The van der Waals surface area contributed by atoms with E-state index in [-0.39, 0.29) is 0 Å². The summed E-state index contributed by atoms with van der Waals surface area (Å²) in [6, 6.07) is 12.3. The van der Waals surface area contributed by atoms with Crippen LogP contribution in [0.4, 0.5) is 0 Å². The Morgan fingerprint density at radius 1 is 1.00 bits per heavy atom. The van der Waals surface area contributed by atoms with Gasteiger partial charge < -0.3 is 0 Å². The van der Waals surface area contributed by atoms with Gasteiger partial charge in [-0.05, 0) is 0 Å². The predicted octanol–water partition coefficient (Wildman–Crippen LogP) is 3.63. The standard InChI is InChI=1S/C14H9BrN2Se/c15-12-5-3-10(4-6-12)13-9-18-14(17-13)11-2-1-7-16-8-11/h1-9H. The fraction of sp³-hybridized carbons (Fsp3) is 0. The first kappa shape index (κ1) is 11.8. The van der Waals surface area contributed by atoms with Gasteiger partial charge in [0.1, 0.15) is 0 Å². The molecular formula is C14H9BrN2Se. The van der Waals surface area contributed by atoms with Crippen molar-refractivity contribution in [2.24, 2.45) is 0 Å². The molecule has 0 saturated heterocycles. The molecule has 3 aromatic rings. The monoisotopic (exact) mass is 364 g/mol. The number of rotatable bonds is 2. The molecule has 0 N–H and O–H groups in total. The van der Waals surface area contributed by atoms with Crippen molar-refractivity contribution in [2.45, 2.75) is 0 Å². The van der Waals surface area contributed by atoms with Crippen LogP contribution in [-0.4, -0.2) is 24.5 Å². The Morgan fingerprint density at radius 2 is 1.83 bits per heavy atom. The van der Waals surface area contributed by atoms with E-state index in [0.29, 0.717) is 14.5 Å². The van der Waals surface area contributed by atoms with Crippen LogP contribution in [0.2, 0.25) is 0 Å². The van der Waals surface area contributed by atoms with Gasteiger partial charge in [0.05, 0.1) is 0 Å². The molecule has 0 aliphatic rings. The van der Waals surface area contributed by atoms with Crippen molar-refractivity contribution in [1.29, 1.82) is 0 Å². The van der Waals surface area contributed by atoms with Crippen molar-refractivity contribution in [1.82, 2.24) is 9.97 Å². The van der Waals surface area contributed by atoms with E-state index < -0.39 is 0 Å². The Labute approximate surface area is 120 Å². The molecule has 4 heteroatoms. The molecule has 0 radical (unpaired) electrons. The number of hydrogen-bond donors (Lipinski definition) is 0. The van der Waals surface area contributed by atoms with Gasteiger partial charge in [-0.3, -0.25) is 0 Å². The molecule has 0 amide bonds. The number of hydrogen-bond acceptors (Lipinski definition) is 2. The Hall–Kier alpha value is -1.22. The topological polar surface area (TPSA) is 25.8 Å². The molecule has 0 aliphatic carbocycles. The molecule has 0 bridgehead atoms. The van der Waals surface area contributed by atoms with Gasteiger partial charge in [-0.15, -0.1) is 0 Å². The Bertz CT molecular complexity index is 647. The van der Waals surface area contributed by atoms with Gasteiger partial charge in [0.25, 0.3) is 0 Å². The van der Waals surface area contributed by atoms with E-state index in [0.717, 1.165) is 20.3 Å². The molecule has 2 heterocycles. The minimum atomic E-state index is 0.297. The number of benzene rings is 1. The Kier molecular flexibility index (Phi) is 3.41. The fourth-order valence-corrected chi connectivity index (χ4v) is 3.63. The van der Waals surface area contributed by atoms with E-state index >= 15 is 0 Å². The first-order valence-electron chi connectivity index (χ1n) is 5.45. The number of aromatic nitrogens is 2. The molecule has 0 fully saturated rings. The van der Waals surface area contributed by atoms with Gasteiger partial charge >= 0.3 is 120 Å². The van der Waals surface area contributed by atoms with Crippen LogP contribution in [0.25, 0.3) is 21.4 Å². The van der Waals surface area contributed by atoms with Gasteiger partial charge in [-0.25, -0.2) is 0 Å². The molecular weight excluding hydrogens is 355 g/mol. The van der Waals surface area contributed by atoms with Crippen LogP contribution in [0.5, 0.6) is 0 Å². The molecule has 3 rings (SSSR count). The molecule has 88 valence electrons. The second-order valence-corrected chi connectivity index (χ2v) is 6.50. The summed E-state index contributed by atoms with van der Waals surface area (Å²) < 4.78 is 2.24. The zero-order valence-corrected chi connectivity index (χ0v) is 12.7. The number of nitrogens with zero attached hydrogens (tertiary/aromatic N) is 2. The Balaban J connectivity index is 1.97. The molecule has 0 aliphatic heterocycles. The SMILES string of the molecule is Brc1ccc(-c2c[se]c(-c3cccnc3)n2)cc1. The zero-order chi connectivity index (χ0) is 12.4. The summed E-state index contributed by atoms with van der Waals surface area (Å²) in [6.45, 7) is 0. The quantitative estimate of drug-likeness (QED) is 0.649. The molecule has 0 spiro atoms. The summed E-state index contributed by atoms with van der Waals surface area (Å²) in [5.74, 6) is 0. The van der Waals surface area contributed by atoms with Crippen molar-refractivity contribution in [2.75, 3.05) is 0 Å². The van der Waals surface area contributed by atoms with Crippen LogP contribution in [-0.2, 0) is 0 Å². The Morgan fingerprint density at radius 3 is 2.56 bits per heavy atom. The van der Waals surface area contributed by atoms with E-state index in [9.17, 15) is 0 Å². The van der Waals surface area contributed by atoms with Gasteiger partial charge in [0.2, 0.25) is 0 Å². The predicted molar refractivity (Wildman–Crippen MR) is 77.5 cm³/mol. The number of pyridine rings is 1. The van der Waals surface area contributed by atoms with Crippen molar-refractivity contribution < 1.29 is 0 Å². The van der Waals surface area contributed by atoms with Crippen LogP contribution in [0.3, 0.4) is 0 Å². The molecule has 2 nitrogen and oxygen atoms in total. The molecule has 1 aromatic carbocycles. The van der Waals surface area contributed by atoms with E-state index in [1.54, 1.807) is 6.20 Å². The van der Waals surface area contributed by atoms with Gasteiger partial charge in [0, 0.05) is 0 Å². The minimum absolute atomic E-state index is 0.297. The molecule has 0 unspecified atom stereocenters. The summed E-state index contributed by atoms with van der Waals surface area (Å²) in [4.78, 5) is 11.1. The van der Waals surface area contributed by atoms with Crippen molar-refractivity contribution in [3.63, 3.8) is 0 Å². The van der Waals surface area contributed by atoms with Crippen LogP contribution in [0, 0.1) is 0 Å². The third-order valence-electron chi connectivity index (χ3n) is 2.55. The maximum atomic E-state index is 4.71. The van der Waals surface area contributed by atoms with E-state index in [4.69, 9.17) is 4.98 Å².